The molecule has 0 bridgehead atoms. The van der Waals surface area contributed by atoms with Crippen molar-refractivity contribution in [1.82, 2.24) is 9.88 Å². The number of pyridine rings is 1. The zero-order valence-corrected chi connectivity index (χ0v) is 14.2. The highest BCUT2D eigenvalue weighted by molar-refractivity contribution is 5.94. The second kappa shape index (κ2) is 7.73. The van der Waals surface area contributed by atoms with Crippen LogP contribution in [0.4, 0.5) is 0 Å². The van der Waals surface area contributed by atoms with E-state index in [1.807, 2.05) is 37.3 Å². The van der Waals surface area contributed by atoms with Crippen molar-refractivity contribution in [2.45, 2.75) is 32.7 Å². The number of carbonyl (C=O) groups excluding carboxylic acids is 1. The lowest BCUT2D eigenvalue weighted by Gasteiger charge is -2.27. The van der Waals surface area contributed by atoms with Gasteiger partial charge in [-0.15, -0.1) is 0 Å². The molecule has 0 fully saturated rings. The molecule has 5 nitrogen and oxygen atoms in total. The first-order valence-corrected chi connectivity index (χ1v) is 7.96. The Balaban J connectivity index is 2.18. The van der Waals surface area contributed by atoms with Gasteiger partial charge in [0, 0.05) is 13.1 Å². The molecule has 1 amide bonds. The Kier molecular flexibility index (Phi) is 5.68. The van der Waals surface area contributed by atoms with Gasteiger partial charge in [-0.25, -0.2) is 9.78 Å². The summed E-state index contributed by atoms with van der Waals surface area (Å²) in [5.74, 6) is -1.24. The van der Waals surface area contributed by atoms with Crippen molar-refractivity contribution in [3.05, 3.63) is 65.0 Å². The van der Waals surface area contributed by atoms with Gasteiger partial charge in [-0.2, -0.15) is 0 Å². The second-order valence-electron chi connectivity index (χ2n) is 5.80. The highest BCUT2D eigenvalue weighted by Crippen LogP contribution is 2.15. The smallest absolute Gasteiger partial charge is 0.337 e. The van der Waals surface area contributed by atoms with Gasteiger partial charge in [0.05, 0.1) is 11.3 Å². The summed E-state index contributed by atoms with van der Waals surface area (Å²) in [6, 6.07) is 13.0. The number of carbonyl (C=O) groups is 2. The fourth-order valence-electron chi connectivity index (χ4n) is 2.69. The molecule has 0 saturated carbocycles. The van der Waals surface area contributed by atoms with E-state index in [0.717, 1.165) is 12.8 Å². The van der Waals surface area contributed by atoms with Crippen LogP contribution >= 0.6 is 0 Å². The monoisotopic (exact) mass is 326 g/mol. The van der Waals surface area contributed by atoms with Crippen molar-refractivity contribution in [3.8, 4) is 0 Å². The Morgan fingerprint density at radius 1 is 1.17 bits per heavy atom. The Bertz CT molecular complexity index is 729. The number of nitrogens with zero attached hydrogens (tertiary/aromatic N) is 2. The second-order valence-corrected chi connectivity index (χ2v) is 5.80. The number of hydrogen-bond donors (Lipinski definition) is 1. The third-order valence-electron chi connectivity index (χ3n) is 4.19. The third-order valence-corrected chi connectivity index (χ3v) is 4.19. The zero-order valence-electron chi connectivity index (χ0n) is 14.2. The Labute approximate surface area is 142 Å². The molecular formula is C19H22N2O3. The number of aromatic nitrogens is 1. The zero-order chi connectivity index (χ0) is 17.7. The van der Waals surface area contributed by atoms with Gasteiger partial charge in [-0.3, -0.25) is 4.79 Å². The number of aromatic carboxylic acids is 1. The van der Waals surface area contributed by atoms with Crippen LogP contribution in [0.3, 0.4) is 0 Å². The SMILES string of the molecule is CCC(Cc1ccccc1)N(C)C(=O)c1ccc(C(=O)O)c(C)n1. The van der Waals surface area contributed by atoms with E-state index in [4.69, 9.17) is 5.11 Å². The molecule has 1 heterocycles. The molecule has 1 aromatic heterocycles. The molecular weight excluding hydrogens is 304 g/mol. The predicted molar refractivity (Wildman–Crippen MR) is 92.3 cm³/mol. The molecule has 1 N–H and O–H groups in total. The van der Waals surface area contributed by atoms with Gasteiger partial charge < -0.3 is 10.0 Å². The molecule has 126 valence electrons. The average Bonchev–Trinajstić information content (AvgIpc) is 2.58. The Hall–Kier alpha value is -2.69. The number of likely N-dealkylation sites (N-methyl/N-ethyl adjacent to an activating group) is 1. The van der Waals surface area contributed by atoms with Gasteiger partial charge in [-0.05, 0) is 37.5 Å². The van der Waals surface area contributed by atoms with E-state index in [1.54, 1.807) is 18.9 Å². The van der Waals surface area contributed by atoms with Gasteiger partial charge in [-0.1, -0.05) is 37.3 Å². The molecule has 1 atom stereocenters. The number of carboxylic acid groups (broad SMARTS) is 1. The van der Waals surface area contributed by atoms with Crippen LogP contribution in [0.1, 0.15) is 45.4 Å². The summed E-state index contributed by atoms with van der Waals surface area (Å²) in [6.07, 6.45) is 1.59. The minimum atomic E-state index is -1.04. The highest BCUT2D eigenvalue weighted by atomic mass is 16.4. The molecule has 0 aliphatic heterocycles. The van der Waals surface area contributed by atoms with E-state index >= 15 is 0 Å². The van der Waals surface area contributed by atoms with Crippen molar-refractivity contribution in [3.63, 3.8) is 0 Å². The molecule has 2 rings (SSSR count). The van der Waals surface area contributed by atoms with Crippen LogP contribution in [-0.2, 0) is 6.42 Å². The number of aryl methyl sites for hydroxylation is 1. The van der Waals surface area contributed by atoms with Crippen LogP contribution in [0.2, 0.25) is 0 Å². The van der Waals surface area contributed by atoms with Crippen LogP contribution in [0.15, 0.2) is 42.5 Å². The normalized spacial score (nSPS) is 11.8. The maximum atomic E-state index is 12.7. The van der Waals surface area contributed by atoms with Crippen LogP contribution in [0.5, 0.6) is 0 Å². The third kappa shape index (κ3) is 3.98. The summed E-state index contributed by atoms with van der Waals surface area (Å²) in [6.45, 7) is 3.64. The molecule has 0 aliphatic carbocycles. The summed E-state index contributed by atoms with van der Waals surface area (Å²) in [5.41, 5.74) is 1.91. The van der Waals surface area contributed by atoms with Gasteiger partial charge >= 0.3 is 5.97 Å². The van der Waals surface area contributed by atoms with E-state index in [2.05, 4.69) is 4.98 Å². The van der Waals surface area contributed by atoms with Crippen LogP contribution < -0.4 is 0 Å². The van der Waals surface area contributed by atoms with Gasteiger partial charge in [0.25, 0.3) is 5.91 Å². The van der Waals surface area contributed by atoms with E-state index in [0.29, 0.717) is 5.69 Å². The molecule has 0 spiro atoms. The molecule has 1 aromatic carbocycles. The molecule has 1 unspecified atom stereocenters. The first kappa shape index (κ1) is 17.7. The van der Waals surface area contributed by atoms with Crippen molar-refractivity contribution in [2.75, 3.05) is 7.05 Å². The lowest BCUT2D eigenvalue weighted by atomic mass is 10.0. The molecule has 0 saturated heterocycles. The average molecular weight is 326 g/mol. The summed E-state index contributed by atoms with van der Waals surface area (Å²) in [7, 11) is 1.77. The fraction of sp³-hybridized carbons (Fsp3) is 0.316. The minimum Gasteiger partial charge on any atom is -0.478 e. The number of rotatable bonds is 6. The standard InChI is InChI=1S/C19H22N2O3/c1-4-15(12-14-8-6-5-7-9-14)21(3)18(22)17-11-10-16(19(23)24)13(2)20-17/h5-11,15H,4,12H2,1-3H3,(H,23,24). The number of carboxylic acids is 1. The number of hydrogen-bond acceptors (Lipinski definition) is 3. The predicted octanol–water partition coefficient (Wildman–Crippen LogP) is 3.18. The Morgan fingerprint density at radius 3 is 2.38 bits per heavy atom. The Morgan fingerprint density at radius 2 is 1.83 bits per heavy atom. The van der Waals surface area contributed by atoms with Crippen molar-refractivity contribution in [1.29, 1.82) is 0 Å². The molecule has 5 heteroatoms. The van der Waals surface area contributed by atoms with E-state index in [9.17, 15) is 9.59 Å². The van der Waals surface area contributed by atoms with Crippen LogP contribution in [0.25, 0.3) is 0 Å². The summed E-state index contributed by atoms with van der Waals surface area (Å²) < 4.78 is 0. The maximum absolute atomic E-state index is 12.7. The first-order valence-electron chi connectivity index (χ1n) is 7.96. The van der Waals surface area contributed by atoms with E-state index < -0.39 is 5.97 Å². The van der Waals surface area contributed by atoms with Gasteiger partial charge in [0.1, 0.15) is 5.69 Å². The lowest BCUT2D eigenvalue weighted by molar-refractivity contribution is 0.0688. The molecule has 0 radical (unpaired) electrons. The molecule has 2 aromatic rings. The van der Waals surface area contributed by atoms with Crippen molar-refractivity contribution >= 4 is 11.9 Å². The largest absolute Gasteiger partial charge is 0.478 e. The number of benzene rings is 1. The van der Waals surface area contributed by atoms with Crippen LogP contribution in [0, 0.1) is 6.92 Å². The van der Waals surface area contributed by atoms with E-state index in [1.165, 1.54) is 17.7 Å². The summed E-state index contributed by atoms with van der Waals surface area (Å²) >= 11 is 0. The summed E-state index contributed by atoms with van der Waals surface area (Å²) in [5, 5.41) is 9.06. The fourth-order valence-corrected chi connectivity index (χ4v) is 2.69. The topological polar surface area (TPSA) is 70.5 Å². The number of amides is 1. The minimum absolute atomic E-state index is 0.0566. The lowest BCUT2D eigenvalue weighted by Crippen LogP contribution is -2.38. The van der Waals surface area contributed by atoms with Crippen LogP contribution in [-0.4, -0.2) is 40.0 Å². The van der Waals surface area contributed by atoms with Crippen molar-refractivity contribution < 1.29 is 14.7 Å². The maximum Gasteiger partial charge on any atom is 0.337 e. The molecule has 24 heavy (non-hydrogen) atoms. The first-order chi connectivity index (χ1) is 11.4. The van der Waals surface area contributed by atoms with Gasteiger partial charge in [0.15, 0.2) is 0 Å². The quantitative estimate of drug-likeness (QED) is 0.885. The van der Waals surface area contributed by atoms with Crippen molar-refractivity contribution in [2.24, 2.45) is 0 Å². The highest BCUT2D eigenvalue weighted by Gasteiger charge is 2.22. The van der Waals surface area contributed by atoms with E-state index in [-0.39, 0.29) is 23.2 Å². The van der Waals surface area contributed by atoms with Gasteiger partial charge in [0.2, 0.25) is 0 Å². The molecule has 0 aliphatic rings. The summed E-state index contributed by atoms with van der Waals surface area (Å²) in [4.78, 5) is 29.6.